The van der Waals surface area contributed by atoms with Gasteiger partial charge < -0.3 is 5.11 Å². The lowest BCUT2D eigenvalue weighted by molar-refractivity contribution is -0.158. The molecule has 2 saturated carbocycles. The van der Waals surface area contributed by atoms with Gasteiger partial charge in [-0.05, 0) is 43.9 Å². The van der Waals surface area contributed by atoms with E-state index >= 15 is 0 Å². The summed E-state index contributed by atoms with van der Waals surface area (Å²) in [5, 5.41) is 11.3. The maximum absolute atomic E-state index is 11.3. The second kappa shape index (κ2) is 5.39. The van der Waals surface area contributed by atoms with Crippen LogP contribution >= 0.6 is 0 Å². The van der Waals surface area contributed by atoms with E-state index in [9.17, 15) is 5.11 Å². The standard InChI is InChI=1S/C18H34O/c1-16(2)13-9-10-14-17(3,19)18(16,4)15-11-7-5-6-8-12-15/h15,19H,5-14H2,1-4H3. The molecule has 2 fully saturated rings. The summed E-state index contributed by atoms with van der Waals surface area (Å²) in [7, 11) is 0. The van der Waals surface area contributed by atoms with Crippen LogP contribution in [0.2, 0.25) is 0 Å². The van der Waals surface area contributed by atoms with E-state index in [0.717, 1.165) is 6.42 Å². The van der Waals surface area contributed by atoms with Gasteiger partial charge in [-0.25, -0.2) is 0 Å². The fourth-order valence-corrected chi connectivity index (χ4v) is 5.13. The highest BCUT2D eigenvalue weighted by atomic mass is 16.3. The third-order valence-electron chi connectivity index (χ3n) is 6.91. The van der Waals surface area contributed by atoms with Crippen molar-refractivity contribution >= 4 is 0 Å². The first-order valence-electron chi connectivity index (χ1n) is 8.54. The zero-order chi connectivity index (χ0) is 14.1. The average Bonchev–Trinajstić information content (AvgIpc) is 2.64. The molecular formula is C18H34O. The minimum atomic E-state index is -0.498. The average molecular weight is 266 g/mol. The van der Waals surface area contributed by atoms with Crippen LogP contribution in [0.1, 0.15) is 91.9 Å². The molecule has 0 aromatic carbocycles. The molecule has 112 valence electrons. The molecule has 0 bridgehead atoms. The molecule has 0 aromatic heterocycles. The van der Waals surface area contributed by atoms with E-state index in [1.54, 1.807) is 0 Å². The van der Waals surface area contributed by atoms with E-state index < -0.39 is 5.60 Å². The summed E-state index contributed by atoms with van der Waals surface area (Å²) in [5.41, 5.74) is -0.176. The molecule has 2 unspecified atom stereocenters. The predicted octanol–water partition coefficient (Wildman–Crippen LogP) is 5.31. The van der Waals surface area contributed by atoms with E-state index in [1.807, 2.05) is 0 Å². The molecule has 0 radical (unpaired) electrons. The SMILES string of the molecule is CC1(C)CCCCC(C)(O)C1(C)C1CCCCCC1. The first-order valence-corrected chi connectivity index (χ1v) is 8.54. The molecule has 0 aliphatic heterocycles. The molecule has 2 atom stereocenters. The summed E-state index contributed by atoms with van der Waals surface area (Å²) in [6, 6.07) is 0. The van der Waals surface area contributed by atoms with Crippen LogP contribution in [0.15, 0.2) is 0 Å². The molecule has 2 aliphatic rings. The zero-order valence-electron chi connectivity index (χ0n) is 13.6. The van der Waals surface area contributed by atoms with Gasteiger partial charge in [0.2, 0.25) is 0 Å². The highest BCUT2D eigenvalue weighted by Gasteiger charge is 2.57. The van der Waals surface area contributed by atoms with Gasteiger partial charge in [0.25, 0.3) is 0 Å². The van der Waals surface area contributed by atoms with Gasteiger partial charge in [-0.2, -0.15) is 0 Å². The van der Waals surface area contributed by atoms with Crippen LogP contribution in [-0.2, 0) is 0 Å². The molecule has 2 aliphatic carbocycles. The van der Waals surface area contributed by atoms with Crippen LogP contribution in [-0.4, -0.2) is 10.7 Å². The van der Waals surface area contributed by atoms with Gasteiger partial charge in [-0.3, -0.25) is 0 Å². The number of rotatable bonds is 1. The zero-order valence-corrected chi connectivity index (χ0v) is 13.6. The minimum Gasteiger partial charge on any atom is -0.390 e. The number of aliphatic hydroxyl groups is 1. The van der Waals surface area contributed by atoms with Gasteiger partial charge in [0.1, 0.15) is 0 Å². The van der Waals surface area contributed by atoms with Gasteiger partial charge >= 0.3 is 0 Å². The first-order chi connectivity index (χ1) is 8.81. The Balaban J connectivity index is 2.36. The molecule has 0 heterocycles. The lowest BCUT2D eigenvalue weighted by Gasteiger charge is -2.56. The third kappa shape index (κ3) is 2.60. The second-order valence-electron chi connectivity index (χ2n) is 8.26. The lowest BCUT2D eigenvalue weighted by atomic mass is 9.50. The van der Waals surface area contributed by atoms with E-state index in [0.29, 0.717) is 5.92 Å². The normalized spacial score (nSPS) is 41.5. The van der Waals surface area contributed by atoms with Gasteiger partial charge in [0.15, 0.2) is 0 Å². The van der Waals surface area contributed by atoms with E-state index in [2.05, 4.69) is 27.7 Å². The molecular weight excluding hydrogens is 232 g/mol. The molecule has 1 N–H and O–H groups in total. The highest BCUT2D eigenvalue weighted by Crippen LogP contribution is 2.60. The van der Waals surface area contributed by atoms with Crippen molar-refractivity contribution in [2.45, 2.75) is 97.5 Å². The Labute approximate surface area is 120 Å². The van der Waals surface area contributed by atoms with Gasteiger partial charge in [0, 0.05) is 5.41 Å². The van der Waals surface area contributed by atoms with Crippen molar-refractivity contribution in [3.63, 3.8) is 0 Å². The summed E-state index contributed by atoms with van der Waals surface area (Å²) in [5.74, 6) is 0.707. The van der Waals surface area contributed by atoms with Crippen LogP contribution in [0.5, 0.6) is 0 Å². The molecule has 19 heavy (non-hydrogen) atoms. The van der Waals surface area contributed by atoms with Crippen molar-refractivity contribution < 1.29 is 5.11 Å². The number of hydrogen-bond donors (Lipinski definition) is 1. The summed E-state index contributed by atoms with van der Waals surface area (Å²) in [6.07, 6.45) is 12.9. The Morgan fingerprint density at radius 3 is 1.84 bits per heavy atom. The summed E-state index contributed by atoms with van der Waals surface area (Å²) in [6.45, 7) is 9.37. The summed E-state index contributed by atoms with van der Waals surface area (Å²) < 4.78 is 0. The highest BCUT2D eigenvalue weighted by molar-refractivity contribution is 5.06. The predicted molar refractivity (Wildman–Crippen MR) is 82.2 cm³/mol. The monoisotopic (exact) mass is 266 g/mol. The Bertz CT molecular complexity index is 277. The maximum atomic E-state index is 11.3. The van der Waals surface area contributed by atoms with Crippen LogP contribution in [0, 0.1) is 16.7 Å². The smallest absolute Gasteiger partial charge is 0.0680 e. The molecule has 0 saturated heterocycles. The fourth-order valence-electron chi connectivity index (χ4n) is 5.13. The Morgan fingerprint density at radius 2 is 1.26 bits per heavy atom. The lowest BCUT2D eigenvalue weighted by Crippen LogP contribution is -2.56. The molecule has 1 nitrogen and oxygen atoms in total. The topological polar surface area (TPSA) is 20.2 Å². The van der Waals surface area contributed by atoms with Crippen molar-refractivity contribution in [2.24, 2.45) is 16.7 Å². The van der Waals surface area contributed by atoms with Crippen LogP contribution in [0.3, 0.4) is 0 Å². The number of hydrogen-bond acceptors (Lipinski definition) is 1. The summed E-state index contributed by atoms with van der Waals surface area (Å²) >= 11 is 0. The van der Waals surface area contributed by atoms with Crippen molar-refractivity contribution in [1.82, 2.24) is 0 Å². The van der Waals surface area contributed by atoms with Crippen molar-refractivity contribution in [3.8, 4) is 0 Å². The maximum Gasteiger partial charge on any atom is 0.0680 e. The Hall–Kier alpha value is -0.0400. The van der Waals surface area contributed by atoms with Crippen LogP contribution in [0.4, 0.5) is 0 Å². The largest absolute Gasteiger partial charge is 0.390 e. The Kier molecular flexibility index (Phi) is 4.35. The van der Waals surface area contributed by atoms with Crippen LogP contribution in [0.25, 0.3) is 0 Å². The first kappa shape index (κ1) is 15.4. The summed E-state index contributed by atoms with van der Waals surface area (Å²) in [4.78, 5) is 0. The Morgan fingerprint density at radius 1 is 0.737 bits per heavy atom. The van der Waals surface area contributed by atoms with Gasteiger partial charge in [0.05, 0.1) is 5.60 Å². The third-order valence-corrected chi connectivity index (χ3v) is 6.91. The molecule has 2 rings (SSSR count). The van der Waals surface area contributed by atoms with Gasteiger partial charge in [-0.15, -0.1) is 0 Å². The van der Waals surface area contributed by atoms with Crippen molar-refractivity contribution in [2.75, 3.05) is 0 Å². The molecule has 0 amide bonds. The molecule has 1 heteroatoms. The molecule has 0 spiro atoms. The van der Waals surface area contributed by atoms with E-state index in [-0.39, 0.29) is 10.8 Å². The second-order valence-corrected chi connectivity index (χ2v) is 8.26. The van der Waals surface area contributed by atoms with Crippen molar-refractivity contribution in [3.05, 3.63) is 0 Å². The quantitative estimate of drug-likeness (QED) is 0.637. The van der Waals surface area contributed by atoms with E-state index in [1.165, 1.54) is 57.8 Å². The van der Waals surface area contributed by atoms with Crippen LogP contribution < -0.4 is 0 Å². The van der Waals surface area contributed by atoms with Gasteiger partial charge in [-0.1, -0.05) is 59.3 Å². The van der Waals surface area contributed by atoms with E-state index in [4.69, 9.17) is 0 Å². The van der Waals surface area contributed by atoms with Crippen molar-refractivity contribution in [1.29, 1.82) is 0 Å². The molecule has 0 aromatic rings. The fraction of sp³-hybridized carbons (Fsp3) is 1.00. The minimum absolute atomic E-state index is 0.0703.